The van der Waals surface area contributed by atoms with E-state index in [2.05, 4.69) is 10.3 Å². The molecule has 0 aliphatic heterocycles. The maximum atomic E-state index is 13.3. The number of thiazole rings is 1. The summed E-state index contributed by atoms with van der Waals surface area (Å²) in [6.07, 6.45) is 1.62. The van der Waals surface area contributed by atoms with Gasteiger partial charge in [0.1, 0.15) is 16.6 Å². The number of aromatic nitrogens is 1. The van der Waals surface area contributed by atoms with Crippen LogP contribution >= 0.6 is 11.3 Å². The summed E-state index contributed by atoms with van der Waals surface area (Å²) in [6, 6.07) is 2.83. The van der Waals surface area contributed by atoms with Crippen LogP contribution in [0.3, 0.4) is 0 Å². The molecule has 1 amide bonds. The second-order valence-corrected chi connectivity index (χ2v) is 4.21. The van der Waals surface area contributed by atoms with Gasteiger partial charge >= 0.3 is 0 Å². The molecular formula is C11H8F2N2OS. The maximum absolute atomic E-state index is 13.3. The van der Waals surface area contributed by atoms with E-state index in [1.165, 1.54) is 11.3 Å². The number of hydrogen-bond acceptors (Lipinski definition) is 3. The minimum atomic E-state index is -0.873. The fourth-order valence-corrected chi connectivity index (χ4v) is 1.82. The first-order valence-corrected chi connectivity index (χ1v) is 5.66. The van der Waals surface area contributed by atoms with Crippen molar-refractivity contribution >= 4 is 17.2 Å². The molecule has 0 bridgehead atoms. The van der Waals surface area contributed by atoms with Crippen LogP contribution in [0, 0.1) is 11.6 Å². The van der Waals surface area contributed by atoms with Gasteiger partial charge in [0, 0.05) is 17.6 Å². The predicted octanol–water partition coefficient (Wildman–Crippen LogP) is 2.35. The average molecular weight is 254 g/mol. The molecule has 17 heavy (non-hydrogen) atoms. The molecular weight excluding hydrogens is 246 g/mol. The van der Waals surface area contributed by atoms with E-state index in [1.54, 1.807) is 11.6 Å². The zero-order valence-corrected chi connectivity index (χ0v) is 9.43. The molecule has 0 saturated heterocycles. The maximum Gasteiger partial charge on any atom is 0.254 e. The van der Waals surface area contributed by atoms with E-state index >= 15 is 0 Å². The van der Waals surface area contributed by atoms with Gasteiger partial charge in [0.2, 0.25) is 0 Å². The monoisotopic (exact) mass is 254 g/mol. The van der Waals surface area contributed by atoms with Crippen LogP contribution in [0.4, 0.5) is 8.78 Å². The summed E-state index contributed by atoms with van der Waals surface area (Å²) < 4.78 is 25.9. The Kier molecular flexibility index (Phi) is 3.43. The van der Waals surface area contributed by atoms with Gasteiger partial charge in [-0.05, 0) is 12.1 Å². The molecule has 0 saturated carbocycles. The molecule has 3 nitrogen and oxygen atoms in total. The van der Waals surface area contributed by atoms with Crippen LogP contribution in [0.25, 0.3) is 0 Å². The second kappa shape index (κ2) is 5.01. The lowest BCUT2D eigenvalue weighted by molar-refractivity contribution is 0.0946. The molecule has 0 aliphatic carbocycles. The van der Waals surface area contributed by atoms with Crippen molar-refractivity contribution in [2.75, 3.05) is 0 Å². The van der Waals surface area contributed by atoms with Crippen LogP contribution in [-0.2, 0) is 6.54 Å². The van der Waals surface area contributed by atoms with Crippen LogP contribution in [0.15, 0.2) is 29.8 Å². The van der Waals surface area contributed by atoms with Gasteiger partial charge in [0.15, 0.2) is 0 Å². The molecule has 1 aromatic carbocycles. The Morgan fingerprint density at radius 2 is 2.24 bits per heavy atom. The Labute approximate surface area is 100 Å². The first kappa shape index (κ1) is 11.7. The lowest BCUT2D eigenvalue weighted by Gasteiger charge is -2.04. The topological polar surface area (TPSA) is 42.0 Å². The standard InChI is InChI=1S/C11H8F2N2OS/c12-7-1-2-8(9(13)5-7)11(16)15-6-10-14-3-4-17-10/h1-5H,6H2,(H,15,16). The molecule has 6 heteroatoms. The van der Waals surface area contributed by atoms with Crippen LogP contribution in [0.2, 0.25) is 0 Å². The Bertz CT molecular complexity index is 528. The van der Waals surface area contributed by atoms with E-state index in [0.29, 0.717) is 6.07 Å². The lowest BCUT2D eigenvalue weighted by Crippen LogP contribution is -2.23. The molecule has 1 aromatic heterocycles. The molecule has 1 N–H and O–H groups in total. The largest absolute Gasteiger partial charge is 0.345 e. The van der Waals surface area contributed by atoms with E-state index in [-0.39, 0.29) is 12.1 Å². The SMILES string of the molecule is O=C(NCc1nccs1)c1ccc(F)cc1F. The number of halogens is 2. The molecule has 0 spiro atoms. The van der Waals surface area contributed by atoms with Gasteiger partial charge < -0.3 is 5.32 Å². The number of carbonyl (C=O) groups excluding carboxylic acids is 1. The van der Waals surface area contributed by atoms with E-state index < -0.39 is 17.5 Å². The summed E-state index contributed by atoms with van der Waals surface area (Å²) in [7, 11) is 0. The minimum Gasteiger partial charge on any atom is -0.345 e. The van der Waals surface area contributed by atoms with Crippen molar-refractivity contribution in [2.45, 2.75) is 6.54 Å². The lowest BCUT2D eigenvalue weighted by atomic mass is 10.2. The van der Waals surface area contributed by atoms with Gasteiger partial charge in [0.05, 0.1) is 12.1 Å². The Hall–Kier alpha value is -1.82. The van der Waals surface area contributed by atoms with E-state index in [4.69, 9.17) is 0 Å². The quantitative estimate of drug-likeness (QED) is 0.913. The van der Waals surface area contributed by atoms with Crippen molar-refractivity contribution < 1.29 is 13.6 Å². The molecule has 1 heterocycles. The Balaban J connectivity index is 2.04. The summed E-state index contributed by atoms with van der Waals surface area (Å²) in [5.41, 5.74) is -0.178. The molecule has 0 aliphatic rings. The van der Waals surface area contributed by atoms with Gasteiger partial charge in [-0.15, -0.1) is 11.3 Å². The first-order chi connectivity index (χ1) is 8.16. The van der Waals surface area contributed by atoms with E-state index in [0.717, 1.165) is 17.1 Å². The Morgan fingerprint density at radius 1 is 1.41 bits per heavy atom. The van der Waals surface area contributed by atoms with Crippen molar-refractivity contribution in [1.29, 1.82) is 0 Å². The van der Waals surface area contributed by atoms with Gasteiger partial charge in [-0.25, -0.2) is 13.8 Å². The van der Waals surface area contributed by atoms with Crippen molar-refractivity contribution in [3.8, 4) is 0 Å². The number of hydrogen-bond donors (Lipinski definition) is 1. The highest BCUT2D eigenvalue weighted by molar-refractivity contribution is 7.09. The van der Waals surface area contributed by atoms with Crippen LogP contribution in [-0.4, -0.2) is 10.9 Å². The molecule has 0 fully saturated rings. The predicted molar refractivity (Wildman–Crippen MR) is 59.6 cm³/mol. The van der Waals surface area contributed by atoms with E-state index in [9.17, 15) is 13.6 Å². The summed E-state index contributed by atoms with van der Waals surface area (Å²) in [6.45, 7) is 0.229. The third kappa shape index (κ3) is 2.85. The summed E-state index contributed by atoms with van der Waals surface area (Å²) in [5, 5.41) is 5.01. The zero-order valence-electron chi connectivity index (χ0n) is 8.61. The van der Waals surface area contributed by atoms with Gasteiger partial charge in [-0.2, -0.15) is 0 Å². The fraction of sp³-hybridized carbons (Fsp3) is 0.0909. The van der Waals surface area contributed by atoms with Crippen molar-refractivity contribution in [3.05, 3.63) is 52.0 Å². The summed E-state index contributed by atoms with van der Waals surface area (Å²) >= 11 is 1.39. The molecule has 2 rings (SSSR count). The first-order valence-electron chi connectivity index (χ1n) is 4.78. The molecule has 0 radical (unpaired) electrons. The molecule has 0 atom stereocenters. The third-order valence-corrected chi connectivity index (χ3v) is 2.84. The number of nitrogens with zero attached hydrogens (tertiary/aromatic N) is 1. The Morgan fingerprint density at radius 3 is 2.88 bits per heavy atom. The minimum absolute atomic E-state index is 0.178. The fourth-order valence-electron chi connectivity index (χ4n) is 1.27. The average Bonchev–Trinajstić information content (AvgIpc) is 2.78. The number of rotatable bonds is 3. The number of carbonyl (C=O) groups is 1. The summed E-state index contributed by atoms with van der Waals surface area (Å²) in [5.74, 6) is -2.17. The summed E-state index contributed by atoms with van der Waals surface area (Å²) in [4.78, 5) is 15.5. The number of nitrogens with one attached hydrogen (secondary N) is 1. The van der Waals surface area contributed by atoms with Gasteiger partial charge in [-0.1, -0.05) is 0 Å². The van der Waals surface area contributed by atoms with Crippen molar-refractivity contribution in [3.63, 3.8) is 0 Å². The highest BCUT2D eigenvalue weighted by atomic mass is 32.1. The zero-order chi connectivity index (χ0) is 12.3. The van der Waals surface area contributed by atoms with E-state index in [1.807, 2.05) is 0 Å². The highest BCUT2D eigenvalue weighted by Gasteiger charge is 2.12. The van der Waals surface area contributed by atoms with Crippen LogP contribution in [0.1, 0.15) is 15.4 Å². The van der Waals surface area contributed by atoms with Crippen molar-refractivity contribution in [1.82, 2.24) is 10.3 Å². The normalized spacial score (nSPS) is 10.2. The molecule has 0 unspecified atom stereocenters. The third-order valence-electron chi connectivity index (χ3n) is 2.06. The molecule has 88 valence electrons. The van der Waals surface area contributed by atoms with Crippen molar-refractivity contribution in [2.24, 2.45) is 0 Å². The van der Waals surface area contributed by atoms with Crippen LogP contribution in [0.5, 0.6) is 0 Å². The van der Waals surface area contributed by atoms with Crippen LogP contribution < -0.4 is 5.32 Å². The number of benzene rings is 1. The van der Waals surface area contributed by atoms with Gasteiger partial charge in [0.25, 0.3) is 5.91 Å². The second-order valence-electron chi connectivity index (χ2n) is 3.23. The molecule has 2 aromatic rings. The highest BCUT2D eigenvalue weighted by Crippen LogP contribution is 2.10. The number of amides is 1. The smallest absolute Gasteiger partial charge is 0.254 e. The van der Waals surface area contributed by atoms with Gasteiger partial charge in [-0.3, -0.25) is 4.79 Å².